The van der Waals surface area contributed by atoms with Crippen molar-refractivity contribution in [3.05, 3.63) is 88.9 Å². The third kappa shape index (κ3) is 4.39. The molecule has 1 fully saturated rings. The molecule has 2 aromatic heterocycles. The largest absolute Gasteiger partial charge is 0.406 e. The number of hydrogen-bond acceptors (Lipinski definition) is 5. The Morgan fingerprint density at radius 1 is 1.12 bits per heavy atom. The number of likely N-dealkylation sites (tertiary alicyclic amines) is 1. The summed E-state index contributed by atoms with van der Waals surface area (Å²) in [5.41, 5.74) is 2.30. The van der Waals surface area contributed by atoms with Crippen LogP contribution in [0.1, 0.15) is 52.0 Å². The molecule has 1 aliphatic carbocycles. The third-order valence-electron chi connectivity index (χ3n) is 8.30. The fourth-order valence-electron chi connectivity index (χ4n) is 6.30. The van der Waals surface area contributed by atoms with E-state index >= 15 is 0 Å². The number of amides is 3. The molecule has 11 heteroatoms. The summed E-state index contributed by atoms with van der Waals surface area (Å²) >= 11 is 0. The summed E-state index contributed by atoms with van der Waals surface area (Å²) in [6.45, 7) is 0.204. The predicted molar refractivity (Wildman–Crippen MR) is 138 cm³/mol. The van der Waals surface area contributed by atoms with Crippen molar-refractivity contribution in [1.29, 1.82) is 0 Å². The Morgan fingerprint density at radius 3 is 2.65 bits per heavy atom. The van der Waals surface area contributed by atoms with Crippen molar-refractivity contribution in [2.45, 2.75) is 55.8 Å². The molecule has 1 spiro atoms. The molecule has 206 valence electrons. The van der Waals surface area contributed by atoms with Crippen LogP contribution in [0.25, 0.3) is 0 Å². The van der Waals surface area contributed by atoms with E-state index in [2.05, 4.69) is 20.6 Å². The standard InChI is InChI=1S/C29H26F3N5O3/c1-16-20(17-6-3-2-4-7-17)11-22(26(39)37(16)15-29(30,31)32)35-25(38)19-10-18-12-28(13-23(18)34-14-19)21-8-5-9-33-24(21)36-27(28)40/h2-10,14,16,20,22H,11-13,15H2,1H3,(H,35,38)(H,33,36,40)/t16-,20-,22+,28-/m1/s1. The van der Waals surface area contributed by atoms with Crippen molar-refractivity contribution in [3.8, 4) is 0 Å². The van der Waals surface area contributed by atoms with Crippen molar-refractivity contribution < 1.29 is 27.6 Å². The number of aromatic nitrogens is 2. The highest BCUT2D eigenvalue weighted by molar-refractivity contribution is 6.06. The molecule has 2 N–H and O–H groups in total. The number of piperidine rings is 1. The summed E-state index contributed by atoms with van der Waals surface area (Å²) in [5, 5.41) is 5.49. The summed E-state index contributed by atoms with van der Waals surface area (Å²) < 4.78 is 40.3. The summed E-state index contributed by atoms with van der Waals surface area (Å²) in [7, 11) is 0. The number of anilines is 1. The molecule has 1 aromatic carbocycles. The summed E-state index contributed by atoms with van der Waals surface area (Å²) in [6.07, 6.45) is -0.753. The Morgan fingerprint density at radius 2 is 1.90 bits per heavy atom. The van der Waals surface area contributed by atoms with Crippen molar-refractivity contribution in [2.24, 2.45) is 0 Å². The van der Waals surface area contributed by atoms with E-state index in [-0.39, 0.29) is 17.9 Å². The highest BCUT2D eigenvalue weighted by atomic mass is 19.4. The molecule has 3 aliphatic rings. The normalized spacial score (nSPS) is 25.5. The Hall–Kier alpha value is -4.28. The Labute approximate surface area is 228 Å². The van der Waals surface area contributed by atoms with E-state index in [9.17, 15) is 27.6 Å². The molecule has 0 bridgehead atoms. The molecule has 8 nitrogen and oxygen atoms in total. The number of halogens is 3. The van der Waals surface area contributed by atoms with Crippen LogP contribution in [0.2, 0.25) is 0 Å². The average Bonchev–Trinajstić information content (AvgIpc) is 3.44. The van der Waals surface area contributed by atoms with Gasteiger partial charge in [0.05, 0.1) is 11.0 Å². The zero-order chi connectivity index (χ0) is 28.2. The molecule has 2 aliphatic heterocycles. The van der Waals surface area contributed by atoms with Crippen LogP contribution >= 0.6 is 0 Å². The van der Waals surface area contributed by atoms with E-state index < -0.39 is 48.0 Å². The van der Waals surface area contributed by atoms with Gasteiger partial charge in [-0.1, -0.05) is 36.4 Å². The molecule has 3 aromatic rings. The number of carbonyl (C=O) groups excluding carboxylic acids is 3. The molecule has 3 amide bonds. The number of alkyl halides is 3. The highest BCUT2D eigenvalue weighted by Crippen LogP contribution is 2.46. The molecule has 0 radical (unpaired) electrons. The summed E-state index contributed by atoms with van der Waals surface area (Å²) in [5.74, 6) is -1.45. The van der Waals surface area contributed by atoms with Crippen molar-refractivity contribution in [1.82, 2.24) is 20.2 Å². The van der Waals surface area contributed by atoms with Gasteiger partial charge in [0.1, 0.15) is 18.4 Å². The lowest BCUT2D eigenvalue weighted by atomic mass is 9.80. The molecule has 6 rings (SSSR count). The lowest BCUT2D eigenvalue weighted by molar-refractivity contribution is -0.170. The minimum absolute atomic E-state index is 0.162. The van der Waals surface area contributed by atoms with Gasteiger partial charge in [0.25, 0.3) is 5.91 Å². The minimum Gasteiger partial charge on any atom is -0.340 e. The van der Waals surface area contributed by atoms with Gasteiger partial charge in [0.15, 0.2) is 0 Å². The first-order valence-corrected chi connectivity index (χ1v) is 13.0. The first-order chi connectivity index (χ1) is 19.1. The smallest absolute Gasteiger partial charge is 0.340 e. The molecular weight excluding hydrogens is 523 g/mol. The molecule has 4 atom stereocenters. The maximum Gasteiger partial charge on any atom is 0.406 e. The molecule has 40 heavy (non-hydrogen) atoms. The van der Waals surface area contributed by atoms with Crippen LogP contribution < -0.4 is 10.6 Å². The fraction of sp³-hybridized carbons (Fsp3) is 0.345. The van der Waals surface area contributed by atoms with Gasteiger partial charge < -0.3 is 15.5 Å². The number of nitrogens with zero attached hydrogens (tertiary/aromatic N) is 3. The zero-order valence-electron chi connectivity index (χ0n) is 21.5. The van der Waals surface area contributed by atoms with E-state index in [1.54, 1.807) is 37.4 Å². The first-order valence-electron chi connectivity index (χ1n) is 13.0. The van der Waals surface area contributed by atoms with E-state index in [1.807, 2.05) is 24.3 Å². The van der Waals surface area contributed by atoms with Crippen LogP contribution in [0.15, 0.2) is 60.9 Å². The van der Waals surface area contributed by atoms with E-state index in [1.165, 1.54) is 6.20 Å². The topological polar surface area (TPSA) is 104 Å². The highest BCUT2D eigenvalue weighted by Gasteiger charge is 2.52. The predicted octanol–water partition coefficient (Wildman–Crippen LogP) is 3.53. The number of rotatable bonds is 4. The van der Waals surface area contributed by atoms with Gasteiger partial charge in [-0.25, -0.2) is 4.98 Å². The number of fused-ring (bicyclic) bond motifs is 3. The van der Waals surface area contributed by atoms with Gasteiger partial charge in [-0.05, 0) is 43.0 Å². The van der Waals surface area contributed by atoms with Crippen LogP contribution in [0.4, 0.5) is 19.0 Å². The van der Waals surface area contributed by atoms with Gasteiger partial charge in [0.2, 0.25) is 11.8 Å². The summed E-state index contributed by atoms with van der Waals surface area (Å²) in [4.78, 5) is 49.0. The van der Waals surface area contributed by atoms with Crippen molar-refractivity contribution >= 4 is 23.5 Å². The number of nitrogens with one attached hydrogen (secondary N) is 2. The van der Waals surface area contributed by atoms with Crippen LogP contribution in [0.3, 0.4) is 0 Å². The molecule has 0 unspecified atom stereocenters. The molecular formula is C29H26F3N5O3. The summed E-state index contributed by atoms with van der Waals surface area (Å²) in [6, 6.07) is 12.4. The van der Waals surface area contributed by atoms with Crippen LogP contribution in [0.5, 0.6) is 0 Å². The fourth-order valence-corrected chi connectivity index (χ4v) is 6.30. The van der Waals surface area contributed by atoms with Crippen molar-refractivity contribution in [3.63, 3.8) is 0 Å². The van der Waals surface area contributed by atoms with Gasteiger partial charge in [0, 0.05) is 42.0 Å². The molecule has 1 saturated heterocycles. The second-order valence-electron chi connectivity index (χ2n) is 10.7. The maximum atomic E-state index is 13.4. The second-order valence-corrected chi connectivity index (χ2v) is 10.7. The van der Waals surface area contributed by atoms with E-state index in [0.29, 0.717) is 24.4 Å². The lowest BCUT2D eigenvalue weighted by Gasteiger charge is -2.43. The Bertz CT molecular complexity index is 1510. The van der Waals surface area contributed by atoms with Crippen molar-refractivity contribution in [2.75, 3.05) is 11.9 Å². The van der Waals surface area contributed by atoms with Crippen LogP contribution in [-0.2, 0) is 27.8 Å². The molecule has 0 saturated carbocycles. The second kappa shape index (κ2) is 9.42. The Kier molecular flexibility index (Phi) is 6.12. The van der Waals surface area contributed by atoms with Crippen LogP contribution in [0, 0.1) is 0 Å². The van der Waals surface area contributed by atoms with E-state index in [4.69, 9.17) is 0 Å². The number of hydrogen-bond donors (Lipinski definition) is 2. The number of pyridine rings is 2. The quantitative estimate of drug-likeness (QED) is 0.518. The number of benzene rings is 1. The third-order valence-corrected chi connectivity index (χ3v) is 8.30. The Balaban J connectivity index is 1.25. The van der Waals surface area contributed by atoms with Gasteiger partial charge in [-0.15, -0.1) is 0 Å². The first kappa shape index (κ1) is 26.0. The molecule has 4 heterocycles. The zero-order valence-corrected chi connectivity index (χ0v) is 21.5. The average molecular weight is 550 g/mol. The van der Waals surface area contributed by atoms with Gasteiger partial charge >= 0.3 is 6.18 Å². The van der Waals surface area contributed by atoms with Gasteiger partial charge in [-0.2, -0.15) is 13.2 Å². The maximum absolute atomic E-state index is 13.4. The van der Waals surface area contributed by atoms with Gasteiger partial charge in [-0.3, -0.25) is 19.4 Å². The lowest BCUT2D eigenvalue weighted by Crippen LogP contribution is -2.59. The minimum atomic E-state index is -4.59. The van der Waals surface area contributed by atoms with Crippen LogP contribution in [-0.4, -0.2) is 57.4 Å². The number of carbonyl (C=O) groups is 3. The SMILES string of the molecule is C[C@@H]1[C@H](c2ccccc2)C[C@H](NC(=O)c2cnc3c(c2)C[C@]2(C3)C(=O)Nc3ncccc32)C(=O)N1CC(F)(F)F. The van der Waals surface area contributed by atoms with E-state index in [0.717, 1.165) is 21.6 Å². The monoisotopic (exact) mass is 549 g/mol.